The van der Waals surface area contributed by atoms with Crippen LogP contribution in [0.2, 0.25) is 0 Å². The Morgan fingerprint density at radius 1 is 1.16 bits per heavy atom. The molecule has 1 aliphatic rings. The second-order valence-corrected chi connectivity index (χ2v) is 6.08. The van der Waals surface area contributed by atoms with Crippen LogP contribution in [0.4, 0.5) is 0 Å². The first kappa shape index (κ1) is 14.5. The highest BCUT2D eigenvalue weighted by atomic mass is 16.3. The van der Waals surface area contributed by atoms with Gasteiger partial charge in [0.25, 0.3) is 0 Å². The first-order chi connectivity index (χ1) is 9.11. The molecular formula is C17H27NO. The maximum Gasteiger partial charge on any atom is 0.0700 e. The molecule has 0 amide bonds. The molecule has 0 radical (unpaired) electrons. The quantitative estimate of drug-likeness (QED) is 0.900. The van der Waals surface area contributed by atoms with E-state index in [1.54, 1.807) is 0 Å². The van der Waals surface area contributed by atoms with Crippen LogP contribution >= 0.6 is 0 Å². The summed E-state index contributed by atoms with van der Waals surface area (Å²) in [7, 11) is 0. The van der Waals surface area contributed by atoms with Crippen LogP contribution in [0.3, 0.4) is 0 Å². The van der Waals surface area contributed by atoms with E-state index >= 15 is 0 Å². The van der Waals surface area contributed by atoms with Crippen molar-refractivity contribution in [2.24, 2.45) is 0 Å². The fraction of sp³-hybridized carbons (Fsp3) is 0.647. The SMILES string of the molecule is CCCN1CCCC(O)(Cc2ccc(C)cc2)CC1. The number of aliphatic hydroxyl groups is 1. The molecule has 1 aliphatic heterocycles. The van der Waals surface area contributed by atoms with Crippen LogP contribution in [0.1, 0.15) is 43.7 Å². The zero-order chi connectivity index (χ0) is 13.7. The molecule has 1 atom stereocenters. The van der Waals surface area contributed by atoms with Gasteiger partial charge in [-0.05, 0) is 51.3 Å². The summed E-state index contributed by atoms with van der Waals surface area (Å²) >= 11 is 0. The van der Waals surface area contributed by atoms with E-state index in [0.29, 0.717) is 0 Å². The standard InChI is InChI=1S/C17H27NO/c1-3-11-18-12-4-9-17(19,10-13-18)14-16-7-5-15(2)6-8-16/h5-8,19H,3-4,9-14H2,1-2H3. The van der Waals surface area contributed by atoms with Crippen molar-refractivity contribution in [1.29, 1.82) is 0 Å². The molecule has 1 aromatic rings. The molecule has 1 heterocycles. The minimum absolute atomic E-state index is 0.502. The van der Waals surface area contributed by atoms with Crippen LogP contribution in [-0.2, 0) is 6.42 Å². The van der Waals surface area contributed by atoms with Gasteiger partial charge in [0.2, 0.25) is 0 Å². The second kappa shape index (κ2) is 6.53. The number of hydrogen-bond donors (Lipinski definition) is 1. The summed E-state index contributed by atoms with van der Waals surface area (Å²) < 4.78 is 0. The Balaban J connectivity index is 1.96. The van der Waals surface area contributed by atoms with E-state index in [1.165, 1.54) is 24.1 Å². The zero-order valence-corrected chi connectivity index (χ0v) is 12.4. The summed E-state index contributed by atoms with van der Waals surface area (Å²) in [6.07, 6.45) is 4.95. The lowest BCUT2D eigenvalue weighted by atomic mass is 9.87. The second-order valence-electron chi connectivity index (χ2n) is 6.08. The smallest absolute Gasteiger partial charge is 0.0700 e. The van der Waals surface area contributed by atoms with E-state index in [4.69, 9.17) is 0 Å². The molecule has 19 heavy (non-hydrogen) atoms. The topological polar surface area (TPSA) is 23.5 Å². The summed E-state index contributed by atoms with van der Waals surface area (Å²) in [5, 5.41) is 10.8. The summed E-state index contributed by atoms with van der Waals surface area (Å²) in [5.41, 5.74) is 2.04. The summed E-state index contributed by atoms with van der Waals surface area (Å²) in [4.78, 5) is 2.49. The number of rotatable bonds is 4. The van der Waals surface area contributed by atoms with E-state index in [-0.39, 0.29) is 0 Å². The highest BCUT2D eigenvalue weighted by Crippen LogP contribution is 2.26. The summed E-state index contributed by atoms with van der Waals surface area (Å²) in [5.74, 6) is 0. The van der Waals surface area contributed by atoms with Crippen LogP contribution in [-0.4, -0.2) is 35.2 Å². The molecule has 1 N–H and O–H groups in total. The molecule has 1 saturated heterocycles. The molecule has 106 valence electrons. The lowest BCUT2D eigenvalue weighted by Gasteiger charge is -2.27. The van der Waals surface area contributed by atoms with Crippen molar-refractivity contribution >= 4 is 0 Å². The molecule has 1 unspecified atom stereocenters. The van der Waals surface area contributed by atoms with Gasteiger partial charge in [-0.25, -0.2) is 0 Å². The fourth-order valence-corrected chi connectivity index (χ4v) is 3.04. The molecule has 2 heteroatoms. The molecule has 1 aromatic carbocycles. The Kier molecular flexibility index (Phi) is 5.00. The van der Waals surface area contributed by atoms with Gasteiger partial charge in [-0.15, -0.1) is 0 Å². The molecule has 0 aliphatic carbocycles. The Morgan fingerprint density at radius 3 is 2.58 bits per heavy atom. The zero-order valence-electron chi connectivity index (χ0n) is 12.4. The minimum Gasteiger partial charge on any atom is -0.389 e. The van der Waals surface area contributed by atoms with Crippen LogP contribution in [0.5, 0.6) is 0 Å². The third kappa shape index (κ3) is 4.32. The summed E-state index contributed by atoms with van der Waals surface area (Å²) in [6, 6.07) is 8.58. The lowest BCUT2D eigenvalue weighted by molar-refractivity contribution is 0.0257. The fourth-order valence-electron chi connectivity index (χ4n) is 3.04. The van der Waals surface area contributed by atoms with Crippen molar-refractivity contribution in [1.82, 2.24) is 4.90 Å². The number of aryl methyl sites for hydroxylation is 1. The maximum atomic E-state index is 10.8. The molecule has 0 spiro atoms. The van der Waals surface area contributed by atoms with Crippen molar-refractivity contribution in [3.63, 3.8) is 0 Å². The molecule has 0 aromatic heterocycles. The monoisotopic (exact) mass is 261 g/mol. The van der Waals surface area contributed by atoms with Gasteiger partial charge in [0.15, 0.2) is 0 Å². The highest BCUT2D eigenvalue weighted by molar-refractivity contribution is 5.22. The normalized spacial score (nSPS) is 25.2. The van der Waals surface area contributed by atoms with E-state index in [1.807, 2.05) is 0 Å². The first-order valence-corrected chi connectivity index (χ1v) is 7.61. The van der Waals surface area contributed by atoms with E-state index in [2.05, 4.69) is 43.0 Å². The highest BCUT2D eigenvalue weighted by Gasteiger charge is 2.29. The molecule has 0 bridgehead atoms. The van der Waals surface area contributed by atoms with E-state index in [0.717, 1.165) is 38.8 Å². The predicted octanol–water partition coefficient (Wildman–Crippen LogP) is 3.16. The van der Waals surface area contributed by atoms with Crippen LogP contribution < -0.4 is 0 Å². The average molecular weight is 261 g/mol. The average Bonchev–Trinajstić information content (AvgIpc) is 2.56. The Morgan fingerprint density at radius 2 is 1.89 bits per heavy atom. The Hall–Kier alpha value is -0.860. The Labute approximate surface area is 117 Å². The van der Waals surface area contributed by atoms with Gasteiger partial charge in [-0.2, -0.15) is 0 Å². The molecule has 1 fully saturated rings. The third-order valence-corrected chi connectivity index (χ3v) is 4.20. The van der Waals surface area contributed by atoms with Crippen LogP contribution in [0.15, 0.2) is 24.3 Å². The van der Waals surface area contributed by atoms with Crippen LogP contribution in [0, 0.1) is 6.92 Å². The van der Waals surface area contributed by atoms with Gasteiger partial charge in [0.05, 0.1) is 5.60 Å². The van der Waals surface area contributed by atoms with E-state index < -0.39 is 5.60 Å². The van der Waals surface area contributed by atoms with Gasteiger partial charge in [-0.3, -0.25) is 0 Å². The first-order valence-electron chi connectivity index (χ1n) is 7.61. The number of likely N-dealkylation sites (tertiary alicyclic amines) is 1. The molecule has 2 rings (SSSR count). The Bertz CT molecular complexity index is 387. The van der Waals surface area contributed by atoms with Gasteiger partial charge in [0, 0.05) is 13.0 Å². The largest absolute Gasteiger partial charge is 0.389 e. The predicted molar refractivity (Wildman–Crippen MR) is 80.4 cm³/mol. The number of hydrogen-bond acceptors (Lipinski definition) is 2. The maximum absolute atomic E-state index is 10.8. The third-order valence-electron chi connectivity index (χ3n) is 4.20. The van der Waals surface area contributed by atoms with Crippen molar-refractivity contribution in [3.05, 3.63) is 35.4 Å². The van der Waals surface area contributed by atoms with Crippen molar-refractivity contribution < 1.29 is 5.11 Å². The van der Waals surface area contributed by atoms with Gasteiger partial charge < -0.3 is 10.0 Å². The van der Waals surface area contributed by atoms with E-state index in [9.17, 15) is 5.11 Å². The lowest BCUT2D eigenvalue weighted by Crippen LogP contribution is -2.33. The van der Waals surface area contributed by atoms with Gasteiger partial charge in [0.1, 0.15) is 0 Å². The van der Waals surface area contributed by atoms with Gasteiger partial charge >= 0.3 is 0 Å². The van der Waals surface area contributed by atoms with Crippen molar-refractivity contribution in [3.8, 4) is 0 Å². The summed E-state index contributed by atoms with van der Waals surface area (Å²) in [6.45, 7) is 7.68. The van der Waals surface area contributed by atoms with Gasteiger partial charge in [-0.1, -0.05) is 36.8 Å². The number of benzene rings is 1. The van der Waals surface area contributed by atoms with Crippen LogP contribution in [0.25, 0.3) is 0 Å². The number of nitrogens with zero attached hydrogens (tertiary/aromatic N) is 1. The van der Waals surface area contributed by atoms with Crippen molar-refractivity contribution in [2.45, 2.75) is 51.6 Å². The molecule has 2 nitrogen and oxygen atoms in total. The van der Waals surface area contributed by atoms with Crippen molar-refractivity contribution in [2.75, 3.05) is 19.6 Å². The molecular weight excluding hydrogens is 234 g/mol. The molecule has 0 saturated carbocycles. The minimum atomic E-state index is -0.502.